The number of rotatable bonds is 5. The van der Waals surface area contributed by atoms with E-state index in [1.54, 1.807) is 4.90 Å². The number of carbonyl (C=O) groups excluding carboxylic acids is 1. The van der Waals surface area contributed by atoms with Gasteiger partial charge in [-0.25, -0.2) is 9.78 Å². The SMILES string of the molecule is CCCCc1nc2ccc(OC3CCN(C(=O)OC(C)(C)C)CC3)cc2[nH]1. The zero-order valence-electron chi connectivity index (χ0n) is 16.9. The van der Waals surface area contributed by atoms with Crippen molar-refractivity contribution in [2.24, 2.45) is 0 Å². The van der Waals surface area contributed by atoms with Crippen molar-refractivity contribution in [3.05, 3.63) is 24.0 Å². The second kappa shape index (κ2) is 8.19. The van der Waals surface area contributed by atoms with E-state index in [2.05, 4.69) is 16.9 Å². The molecule has 6 heteroatoms. The van der Waals surface area contributed by atoms with Crippen LogP contribution >= 0.6 is 0 Å². The van der Waals surface area contributed by atoms with E-state index in [4.69, 9.17) is 9.47 Å². The summed E-state index contributed by atoms with van der Waals surface area (Å²) in [4.78, 5) is 21.9. The number of unbranched alkanes of at least 4 members (excludes halogenated alkanes) is 1. The number of carbonyl (C=O) groups is 1. The quantitative estimate of drug-likeness (QED) is 0.826. The van der Waals surface area contributed by atoms with Crippen molar-refractivity contribution in [1.29, 1.82) is 0 Å². The topological polar surface area (TPSA) is 67.4 Å². The van der Waals surface area contributed by atoms with Gasteiger partial charge < -0.3 is 19.4 Å². The molecule has 0 spiro atoms. The van der Waals surface area contributed by atoms with Crippen LogP contribution in [0.2, 0.25) is 0 Å². The standard InChI is InChI=1S/C21H31N3O3/c1-5-6-7-19-22-17-9-8-16(14-18(17)23-19)26-15-10-12-24(13-11-15)20(25)27-21(2,3)4/h8-9,14-15H,5-7,10-13H2,1-4H3,(H,22,23). The lowest BCUT2D eigenvalue weighted by Crippen LogP contribution is -2.44. The van der Waals surface area contributed by atoms with E-state index in [9.17, 15) is 4.79 Å². The van der Waals surface area contributed by atoms with Crippen LogP contribution in [0.25, 0.3) is 11.0 Å². The summed E-state index contributed by atoms with van der Waals surface area (Å²) >= 11 is 0. The van der Waals surface area contributed by atoms with Gasteiger partial charge in [-0.3, -0.25) is 0 Å². The summed E-state index contributed by atoms with van der Waals surface area (Å²) in [6, 6.07) is 6.01. The predicted molar refractivity (Wildman–Crippen MR) is 106 cm³/mol. The number of hydrogen-bond donors (Lipinski definition) is 1. The maximum Gasteiger partial charge on any atom is 0.410 e. The van der Waals surface area contributed by atoms with Crippen LogP contribution in [-0.2, 0) is 11.2 Å². The number of aromatic nitrogens is 2. The summed E-state index contributed by atoms with van der Waals surface area (Å²) in [6.07, 6.45) is 4.77. The molecule has 6 nitrogen and oxygen atoms in total. The Hall–Kier alpha value is -2.24. The summed E-state index contributed by atoms with van der Waals surface area (Å²) < 4.78 is 11.6. The van der Waals surface area contributed by atoms with Gasteiger partial charge >= 0.3 is 6.09 Å². The summed E-state index contributed by atoms with van der Waals surface area (Å²) in [6.45, 7) is 9.17. The Balaban J connectivity index is 1.54. The van der Waals surface area contributed by atoms with Gasteiger partial charge in [-0.05, 0) is 39.3 Å². The Labute approximate surface area is 161 Å². The van der Waals surface area contributed by atoms with Crippen LogP contribution in [0.5, 0.6) is 5.75 Å². The molecule has 1 saturated heterocycles. The molecule has 3 rings (SSSR count). The molecule has 1 aromatic heterocycles. The molecule has 1 aliphatic rings. The number of amides is 1. The Bertz CT molecular complexity index is 771. The van der Waals surface area contributed by atoms with Gasteiger partial charge in [0.25, 0.3) is 0 Å². The van der Waals surface area contributed by atoms with Crippen molar-refractivity contribution < 1.29 is 14.3 Å². The fraction of sp³-hybridized carbons (Fsp3) is 0.619. The Morgan fingerprint density at radius 3 is 2.70 bits per heavy atom. The molecule has 0 unspecified atom stereocenters. The minimum Gasteiger partial charge on any atom is -0.490 e. The Morgan fingerprint density at radius 2 is 2.04 bits per heavy atom. The highest BCUT2D eigenvalue weighted by atomic mass is 16.6. The lowest BCUT2D eigenvalue weighted by molar-refractivity contribution is 0.0127. The Morgan fingerprint density at radius 1 is 1.30 bits per heavy atom. The smallest absolute Gasteiger partial charge is 0.410 e. The molecule has 0 atom stereocenters. The largest absolute Gasteiger partial charge is 0.490 e. The van der Waals surface area contributed by atoms with Crippen LogP contribution in [0.3, 0.4) is 0 Å². The number of piperidine rings is 1. The van der Waals surface area contributed by atoms with Gasteiger partial charge in [0.15, 0.2) is 0 Å². The first-order valence-electron chi connectivity index (χ1n) is 9.97. The highest BCUT2D eigenvalue weighted by Gasteiger charge is 2.27. The van der Waals surface area contributed by atoms with Gasteiger partial charge in [-0.15, -0.1) is 0 Å². The molecule has 0 aliphatic carbocycles. The molecule has 0 radical (unpaired) electrons. The maximum absolute atomic E-state index is 12.2. The van der Waals surface area contributed by atoms with Crippen molar-refractivity contribution in [2.45, 2.75) is 71.5 Å². The molecule has 1 amide bonds. The molecule has 148 valence electrons. The zero-order valence-corrected chi connectivity index (χ0v) is 16.9. The fourth-order valence-electron chi connectivity index (χ4n) is 3.25. The average Bonchev–Trinajstić information content (AvgIpc) is 3.01. The highest BCUT2D eigenvalue weighted by molar-refractivity contribution is 5.76. The third-order valence-corrected chi connectivity index (χ3v) is 4.67. The van der Waals surface area contributed by atoms with Crippen LogP contribution in [0.4, 0.5) is 4.79 Å². The van der Waals surface area contributed by atoms with Crippen LogP contribution < -0.4 is 4.74 Å². The lowest BCUT2D eigenvalue weighted by atomic mass is 10.1. The first-order chi connectivity index (χ1) is 12.8. The number of nitrogens with zero attached hydrogens (tertiary/aromatic N) is 2. The molecule has 27 heavy (non-hydrogen) atoms. The molecule has 0 saturated carbocycles. The number of aromatic amines is 1. The van der Waals surface area contributed by atoms with E-state index in [0.29, 0.717) is 13.1 Å². The van der Waals surface area contributed by atoms with Crippen molar-refractivity contribution in [3.8, 4) is 5.75 Å². The van der Waals surface area contributed by atoms with Crippen molar-refractivity contribution in [1.82, 2.24) is 14.9 Å². The van der Waals surface area contributed by atoms with Gasteiger partial charge in [0.2, 0.25) is 0 Å². The molecule has 0 bridgehead atoms. The number of fused-ring (bicyclic) bond motifs is 1. The molecule has 1 aliphatic heterocycles. The fourth-order valence-corrected chi connectivity index (χ4v) is 3.25. The minimum absolute atomic E-state index is 0.114. The van der Waals surface area contributed by atoms with E-state index in [-0.39, 0.29) is 12.2 Å². The third-order valence-electron chi connectivity index (χ3n) is 4.67. The number of hydrogen-bond acceptors (Lipinski definition) is 4. The molecular weight excluding hydrogens is 342 g/mol. The second-order valence-electron chi connectivity index (χ2n) is 8.25. The molecule has 2 heterocycles. The van der Waals surface area contributed by atoms with E-state index < -0.39 is 5.60 Å². The predicted octanol–water partition coefficient (Wildman–Crippen LogP) is 4.68. The van der Waals surface area contributed by atoms with E-state index in [1.807, 2.05) is 39.0 Å². The molecule has 1 fully saturated rings. The van der Waals surface area contributed by atoms with Gasteiger partial charge in [0.1, 0.15) is 23.3 Å². The normalized spacial score (nSPS) is 15.9. The minimum atomic E-state index is -0.458. The summed E-state index contributed by atoms with van der Waals surface area (Å²) in [5, 5.41) is 0. The Kier molecular flexibility index (Phi) is 5.92. The number of nitrogens with one attached hydrogen (secondary N) is 1. The number of aryl methyl sites for hydroxylation is 1. The first kappa shape index (κ1) is 19.5. The van der Waals surface area contributed by atoms with Crippen LogP contribution in [-0.4, -0.2) is 45.8 Å². The molecular formula is C21H31N3O3. The monoisotopic (exact) mass is 373 g/mol. The van der Waals surface area contributed by atoms with Crippen LogP contribution in [0, 0.1) is 0 Å². The van der Waals surface area contributed by atoms with Crippen molar-refractivity contribution >= 4 is 17.1 Å². The first-order valence-corrected chi connectivity index (χ1v) is 9.97. The number of ether oxygens (including phenoxy) is 2. The van der Waals surface area contributed by atoms with Gasteiger partial charge in [-0.1, -0.05) is 13.3 Å². The highest BCUT2D eigenvalue weighted by Crippen LogP contribution is 2.24. The van der Waals surface area contributed by atoms with E-state index in [0.717, 1.165) is 54.7 Å². The molecule has 1 aromatic carbocycles. The number of imidazole rings is 1. The van der Waals surface area contributed by atoms with E-state index in [1.165, 1.54) is 0 Å². The zero-order chi connectivity index (χ0) is 19.4. The van der Waals surface area contributed by atoms with Crippen molar-refractivity contribution in [2.75, 3.05) is 13.1 Å². The second-order valence-corrected chi connectivity index (χ2v) is 8.25. The van der Waals surface area contributed by atoms with Gasteiger partial charge in [0.05, 0.1) is 11.0 Å². The molecule has 2 aromatic rings. The lowest BCUT2D eigenvalue weighted by Gasteiger charge is -2.33. The van der Waals surface area contributed by atoms with Gasteiger partial charge in [-0.2, -0.15) is 0 Å². The summed E-state index contributed by atoms with van der Waals surface area (Å²) in [7, 11) is 0. The summed E-state index contributed by atoms with van der Waals surface area (Å²) in [5.74, 6) is 1.89. The van der Waals surface area contributed by atoms with E-state index >= 15 is 0 Å². The number of benzene rings is 1. The van der Waals surface area contributed by atoms with Crippen LogP contribution in [0.15, 0.2) is 18.2 Å². The molecule has 1 N–H and O–H groups in total. The summed E-state index contributed by atoms with van der Waals surface area (Å²) in [5.41, 5.74) is 1.54. The van der Waals surface area contributed by atoms with Gasteiger partial charge in [0, 0.05) is 38.4 Å². The number of H-pyrrole nitrogens is 1. The van der Waals surface area contributed by atoms with Crippen molar-refractivity contribution in [3.63, 3.8) is 0 Å². The number of likely N-dealkylation sites (tertiary alicyclic amines) is 1. The third kappa shape index (κ3) is 5.37. The average molecular weight is 373 g/mol. The van der Waals surface area contributed by atoms with Crippen LogP contribution in [0.1, 0.15) is 59.2 Å². The maximum atomic E-state index is 12.2.